The van der Waals surface area contributed by atoms with Crippen molar-refractivity contribution in [2.45, 2.75) is 26.2 Å². The van der Waals surface area contributed by atoms with Crippen LogP contribution in [0.3, 0.4) is 0 Å². The molecule has 2 aromatic carbocycles. The van der Waals surface area contributed by atoms with Crippen molar-refractivity contribution in [3.05, 3.63) is 61.6 Å². The van der Waals surface area contributed by atoms with Crippen LogP contribution in [0.1, 0.15) is 31.2 Å². The summed E-state index contributed by atoms with van der Waals surface area (Å²) in [6.45, 7) is 2.09. The van der Waals surface area contributed by atoms with E-state index in [0.29, 0.717) is 45.2 Å². The van der Waals surface area contributed by atoms with Gasteiger partial charge in [-0.2, -0.15) is 9.78 Å². The first-order valence-electron chi connectivity index (χ1n) is 9.15. The van der Waals surface area contributed by atoms with E-state index in [1.807, 2.05) is 12.1 Å². The lowest BCUT2D eigenvalue weighted by Crippen LogP contribution is -2.22. The molecule has 0 saturated carbocycles. The van der Waals surface area contributed by atoms with E-state index in [1.54, 1.807) is 32.4 Å². The number of benzene rings is 2. The zero-order chi connectivity index (χ0) is 21.0. The van der Waals surface area contributed by atoms with E-state index in [2.05, 4.69) is 32.9 Å². The minimum atomic E-state index is -0.227. The zero-order valence-electron chi connectivity index (χ0n) is 16.4. The lowest BCUT2D eigenvalue weighted by molar-refractivity contribution is 0.355. The molecule has 0 fully saturated rings. The number of unbranched alkanes of at least 4 members (excludes halogenated alkanes) is 1. The molecule has 0 unspecified atom stereocenters. The Labute approximate surface area is 182 Å². The predicted molar refractivity (Wildman–Crippen MR) is 120 cm³/mol. The smallest absolute Gasteiger partial charge is 0.282 e. The van der Waals surface area contributed by atoms with E-state index in [4.69, 9.17) is 21.1 Å². The second kappa shape index (κ2) is 9.41. The standard InChI is InChI=1S/C21H21BrClN3O3/c1-4-5-6-20-25-17-8-7-14(22)10-15(17)21(27)26(20)24-12-13-9-18(28-2)19(29-3)11-16(13)23/h7-12H,4-6H2,1-3H3. The average Bonchev–Trinajstić information content (AvgIpc) is 2.72. The van der Waals surface area contributed by atoms with Crippen molar-refractivity contribution in [1.29, 1.82) is 0 Å². The zero-order valence-corrected chi connectivity index (χ0v) is 18.7. The summed E-state index contributed by atoms with van der Waals surface area (Å²) < 4.78 is 12.7. The van der Waals surface area contributed by atoms with Crippen molar-refractivity contribution in [1.82, 2.24) is 9.66 Å². The van der Waals surface area contributed by atoms with E-state index >= 15 is 0 Å². The van der Waals surface area contributed by atoms with Gasteiger partial charge in [-0.15, -0.1) is 0 Å². The first-order valence-corrected chi connectivity index (χ1v) is 10.3. The van der Waals surface area contributed by atoms with Crippen molar-refractivity contribution in [2.24, 2.45) is 5.10 Å². The molecule has 0 aliphatic heterocycles. The Balaban J connectivity index is 2.13. The number of nitrogens with zero attached hydrogens (tertiary/aromatic N) is 3. The highest BCUT2D eigenvalue weighted by Crippen LogP contribution is 2.32. The number of rotatable bonds is 7. The number of hydrogen-bond acceptors (Lipinski definition) is 5. The van der Waals surface area contributed by atoms with Gasteiger partial charge in [0, 0.05) is 22.5 Å². The lowest BCUT2D eigenvalue weighted by Gasteiger charge is -2.11. The van der Waals surface area contributed by atoms with Crippen LogP contribution in [0.5, 0.6) is 11.5 Å². The Bertz CT molecular complexity index is 1130. The summed E-state index contributed by atoms with van der Waals surface area (Å²) in [7, 11) is 3.09. The third-order valence-electron chi connectivity index (χ3n) is 4.44. The molecule has 1 heterocycles. The number of fused-ring (bicyclic) bond motifs is 1. The number of ether oxygens (including phenoxy) is 2. The summed E-state index contributed by atoms with van der Waals surface area (Å²) in [5.74, 6) is 1.66. The molecule has 0 saturated heterocycles. The monoisotopic (exact) mass is 477 g/mol. The van der Waals surface area contributed by atoms with Crippen LogP contribution in [0.2, 0.25) is 5.02 Å². The molecule has 3 aromatic rings. The molecular weight excluding hydrogens is 458 g/mol. The van der Waals surface area contributed by atoms with Crippen molar-refractivity contribution in [3.8, 4) is 11.5 Å². The van der Waals surface area contributed by atoms with Gasteiger partial charge < -0.3 is 9.47 Å². The molecule has 0 aliphatic rings. The molecule has 0 atom stereocenters. The topological polar surface area (TPSA) is 65.7 Å². The highest BCUT2D eigenvalue weighted by atomic mass is 79.9. The summed E-state index contributed by atoms with van der Waals surface area (Å²) in [5, 5.41) is 5.35. The van der Waals surface area contributed by atoms with Crippen LogP contribution in [0.15, 0.2) is 44.7 Å². The first-order chi connectivity index (χ1) is 14.0. The average molecular weight is 479 g/mol. The lowest BCUT2D eigenvalue weighted by atomic mass is 10.2. The molecule has 0 bridgehead atoms. The number of methoxy groups -OCH3 is 2. The summed E-state index contributed by atoms with van der Waals surface area (Å²) in [5.41, 5.74) is 1.03. The molecular formula is C21H21BrClN3O3. The molecule has 0 aliphatic carbocycles. The number of aryl methyl sites for hydroxylation is 1. The normalized spacial score (nSPS) is 11.3. The molecule has 152 valence electrons. The van der Waals surface area contributed by atoms with Crippen molar-refractivity contribution >= 4 is 44.6 Å². The predicted octanol–water partition coefficient (Wildman–Crippen LogP) is 5.05. The highest BCUT2D eigenvalue weighted by molar-refractivity contribution is 9.10. The molecule has 0 amide bonds. The van der Waals surface area contributed by atoms with Crippen LogP contribution in [-0.4, -0.2) is 30.1 Å². The maximum absolute atomic E-state index is 13.1. The third kappa shape index (κ3) is 4.62. The third-order valence-corrected chi connectivity index (χ3v) is 5.27. The molecule has 0 spiro atoms. The van der Waals surface area contributed by atoms with E-state index in [0.717, 1.165) is 17.3 Å². The van der Waals surface area contributed by atoms with Crippen molar-refractivity contribution in [2.75, 3.05) is 14.2 Å². The SMILES string of the molecule is CCCCc1nc2ccc(Br)cc2c(=O)n1N=Cc1cc(OC)c(OC)cc1Cl. The van der Waals surface area contributed by atoms with Crippen LogP contribution < -0.4 is 15.0 Å². The summed E-state index contributed by atoms with van der Waals surface area (Å²) in [6.07, 6.45) is 4.07. The van der Waals surface area contributed by atoms with Gasteiger partial charge in [-0.25, -0.2) is 4.98 Å². The number of halogens is 2. The van der Waals surface area contributed by atoms with E-state index in [-0.39, 0.29) is 5.56 Å². The van der Waals surface area contributed by atoms with Crippen LogP contribution in [0.4, 0.5) is 0 Å². The van der Waals surface area contributed by atoms with Crippen LogP contribution in [0, 0.1) is 0 Å². The number of aromatic nitrogens is 2. The summed E-state index contributed by atoms with van der Waals surface area (Å²) in [4.78, 5) is 17.8. The molecule has 29 heavy (non-hydrogen) atoms. The quantitative estimate of drug-likeness (QED) is 0.446. The van der Waals surface area contributed by atoms with Gasteiger partial charge in [0.15, 0.2) is 11.5 Å². The van der Waals surface area contributed by atoms with Crippen molar-refractivity contribution in [3.63, 3.8) is 0 Å². The second-order valence-corrected chi connectivity index (χ2v) is 7.71. The summed E-state index contributed by atoms with van der Waals surface area (Å²) >= 11 is 9.76. The molecule has 8 heteroatoms. The Morgan fingerprint density at radius 3 is 2.62 bits per heavy atom. The maximum atomic E-state index is 13.1. The van der Waals surface area contributed by atoms with Gasteiger partial charge in [-0.3, -0.25) is 4.79 Å². The fourth-order valence-electron chi connectivity index (χ4n) is 2.90. The van der Waals surface area contributed by atoms with Crippen LogP contribution in [-0.2, 0) is 6.42 Å². The van der Waals surface area contributed by atoms with Gasteiger partial charge in [-0.05, 0) is 30.7 Å². The highest BCUT2D eigenvalue weighted by Gasteiger charge is 2.12. The minimum absolute atomic E-state index is 0.227. The van der Waals surface area contributed by atoms with Gasteiger partial charge in [0.2, 0.25) is 0 Å². The minimum Gasteiger partial charge on any atom is -0.493 e. The second-order valence-electron chi connectivity index (χ2n) is 6.38. The Morgan fingerprint density at radius 1 is 1.21 bits per heavy atom. The van der Waals surface area contributed by atoms with Gasteiger partial charge in [-0.1, -0.05) is 40.9 Å². The van der Waals surface area contributed by atoms with Crippen LogP contribution in [0.25, 0.3) is 10.9 Å². The Morgan fingerprint density at radius 2 is 1.93 bits per heavy atom. The first kappa shape index (κ1) is 21.3. The van der Waals surface area contributed by atoms with Gasteiger partial charge in [0.1, 0.15) is 5.82 Å². The fourth-order valence-corrected chi connectivity index (χ4v) is 3.46. The van der Waals surface area contributed by atoms with Gasteiger partial charge >= 0.3 is 0 Å². The Hall–Kier alpha value is -2.38. The van der Waals surface area contributed by atoms with E-state index < -0.39 is 0 Å². The van der Waals surface area contributed by atoms with Gasteiger partial charge in [0.05, 0.1) is 36.4 Å². The molecule has 0 radical (unpaired) electrons. The fraction of sp³-hybridized carbons (Fsp3) is 0.286. The molecule has 1 aromatic heterocycles. The largest absolute Gasteiger partial charge is 0.493 e. The molecule has 3 rings (SSSR count). The van der Waals surface area contributed by atoms with Crippen molar-refractivity contribution < 1.29 is 9.47 Å². The Kier molecular flexibility index (Phi) is 6.92. The molecule has 6 nitrogen and oxygen atoms in total. The van der Waals surface area contributed by atoms with Gasteiger partial charge in [0.25, 0.3) is 5.56 Å². The van der Waals surface area contributed by atoms with E-state index in [9.17, 15) is 4.79 Å². The summed E-state index contributed by atoms with van der Waals surface area (Å²) in [6, 6.07) is 8.82. The molecule has 0 N–H and O–H groups in total. The van der Waals surface area contributed by atoms with Crippen LogP contribution >= 0.6 is 27.5 Å². The van der Waals surface area contributed by atoms with E-state index in [1.165, 1.54) is 10.9 Å². The maximum Gasteiger partial charge on any atom is 0.282 e. The number of hydrogen-bond donors (Lipinski definition) is 0.